The van der Waals surface area contributed by atoms with E-state index in [0.29, 0.717) is 5.56 Å². The fourth-order valence-electron chi connectivity index (χ4n) is 2.80. The summed E-state index contributed by atoms with van der Waals surface area (Å²) in [7, 11) is -4.12. The predicted molar refractivity (Wildman–Crippen MR) is 99.1 cm³/mol. The summed E-state index contributed by atoms with van der Waals surface area (Å²) in [5, 5.41) is -1.48. The van der Waals surface area contributed by atoms with E-state index in [-0.39, 0.29) is 17.1 Å². The van der Waals surface area contributed by atoms with Crippen LogP contribution < -0.4 is 0 Å². The lowest BCUT2D eigenvalue weighted by atomic mass is 10.1. The molecule has 0 radical (unpaired) electrons. The molecule has 0 saturated heterocycles. The van der Waals surface area contributed by atoms with E-state index < -0.39 is 32.8 Å². The minimum absolute atomic E-state index is 0.129. The van der Waals surface area contributed by atoms with Crippen LogP contribution in [0.15, 0.2) is 79.1 Å². The van der Waals surface area contributed by atoms with Gasteiger partial charge in [-0.25, -0.2) is 13.2 Å². The van der Waals surface area contributed by atoms with E-state index in [0.717, 1.165) is 0 Å². The van der Waals surface area contributed by atoms with Crippen LogP contribution in [0.4, 0.5) is 4.79 Å². The molecule has 1 atom stereocenters. The second-order valence-corrected chi connectivity index (χ2v) is 7.65. The van der Waals surface area contributed by atoms with Crippen molar-refractivity contribution in [3.05, 3.63) is 90.2 Å². The van der Waals surface area contributed by atoms with Crippen molar-refractivity contribution in [1.82, 2.24) is 0 Å². The van der Waals surface area contributed by atoms with Crippen LogP contribution in [0.2, 0.25) is 0 Å². The molecule has 0 fully saturated rings. The first-order chi connectivity index (χ1) is 13.0. The van der Waals surface area contributed by atoms with Crippen LogP contribution in [0.5, 0.6) is 0 Å². The summed E-state index contributed by atoms with van der Waals surface area (Å²) in [6.45, 7) is 3.28. The molecule has 0 aromatic heterocycles. The van der Waals surface area contributed by atoms with Gasteiger partial charge in [-0.3, -0.25) is 4.79 Å². The highest BCUT2D eigenvalue weighted by Gasteiger charge is 2.50. The maximum Gasteiger partial charge on any atom is 0.514 e. The van der Waals surface area contributed by atoms with Gasteiger partial charge in [0.25, 0.3) is 0 Å². The Morgan fingerprint density at radius 1 is 1.04 bits per heavy atom. The van der Waals surface area contributed by atoms with Gasteiger partial charge in [0.05, 0.1) is 0 Å². The van der Waals surface area contributed by atoms with Gasteiger partial charge >= 0.3 is 6.16 Å². The lowest BCUT2D eigenvalue weighted by Gasteiger charge is -2.10. The van der Waals surface area contributed by atoms with Crippen molar-refractivity contribution in [2.45, 2.75) is 5.25 Å². The van der Waals surface area contributed by atoms with E-state index in [1.54, 1.807) is 48.5 Å². The van der Waals surface area contributed by atoms with Crippen LogP contribution in [-0.4, -0.2) is 27.0 Å². The topological polar surface area (TPSA) is 86.7 Å². The van der Waals surface area contributed by atoms with Crippen LogP contribution in [0.25, 0.3) is 4.91 Å². The van der Waals surface area contributed by atoms with Crippen molar-refractivity contribution in [3.8, 4) is 0 Å². The molecule has 27 heavy (non-hydrogen) atoms. The third-order valence-corrected chi connectivity index (χ3v) is 6.00. The first-order valence-electron chi connectivity index (χ1n) is 8.05. The van der Waals surface area contributed by atoms with Gasteiger partial charge in [0.2, 0.25) is 5.78 Å². The third-order valence-electron chi connectivity index (χ3n) is 3.91. The van der Waals surface area contributed by atoms with E-state index in [1.807, 2.05) is 0 Å². The van der Waals surface area contributed by atoms with E-state index in [4.69, 9.17) is 9.47 Å². The maximum atomic E-state index is 13.2. The predicted octanol–water partition coefficient (Wildman–Crippen LogP) is 3.43. The molecule has 3 rings (SSSR count). The molecule has 0 bridgehead atoms. The number of benzene rings is 2. The molecule has 138 valence electrons. The second kappa shape index (κ2) is 7.59. The molecule has 0 saturated carbocycles. The Morgan fingerprint density at radius 3 is 2.22 bits per heavy atom. The third kappa shape index (κ3) is 3.54. The minimum Gasteiger partial charge on any atom is -0.430 e. The second-order valence-electron chi connectivity index (χ2n) is 5.68. The van der Waals surface area contributed by atoms with Gasteiger partial charge in [-0.1, -0.05) is 73.3 Å². The van der Waals surface area contributed by atoms with Gasteiger partial charge in [-0.05, 0) is 11.1 Å². The van der Waals surface area contributed by atoms with Crippen molar-refractivity contribution in [2.24, 2.45) is 0 Å². The monoisotopic (exact) mass is 384 g/mol. The first-order valence-corrected chi connectivity index (χ1v) is 9.59. The number of ketones is 1. The fraction of sp³-hybridized carbons (Fsp3) is 0.100. The molecule has 7 heteroatoms. The standard InChI is InChI=1S/C20H16O6S/c1-2-13-25-20(22)26-17-16(21)18(14-9-5-3-6-10-14)27(23,24)19(17)15-11-7-4-8-12-15/h2-12,18H,1,13H2. The molecule has 0 N–H and O–H groups in total. The Hall–Kier alpha value is -3.19. The van der Waals surface area contributed by atoms with Crippen LogP contribution in [0, 0.1) is 0 Å². The summed E-state index contributed by atoms with van der Waals surface area (Å²) in [5.41, 5.74) is 0.560. The normalized spacial score (nSPS) is 18.2. The molecule has 2 aromatic rings. The minimum atomic E-state index is -4.12. The molecule has 2 aromatic carbocycles. The molecule has 0 amide bonds. The molecule has 1 aliphatic rings. The molecule has 6 nitrogen and oxygen atoms in total. The first kappa shape index (κ1) is 18.6. The number of carbonyl (C=O) groups excluding carboxylic acids is 2. The Labute approximate surface area is 156 Å². The highest BCUT2D eigenvalue weighted by molar-refractivity contribution is 8.02. The number of hydrogen-bond donors (Lipinski definition) is 0. The highest BCUT2D eigenvalue weighted by Crippen LogP contribution is 2.44. The largest absolute Gasteiger partial charge is 0.514 e. The summed E-state index contributed by atoms with van der Waals surface area (Å²) in [6.07, 6.45) is 0.156. The lowest BCUT2D eigenvalue weighted by molar-refractivity contribution is -0.117. The summed E-state index contributed by atoms with van der Waals surface area (Å²) in [6, 6.07) is 16.1. The van der Waals surface area contributed by atoms with E-state index in [9.17, 15) is 18.0 Å². The zero-order valence-corrected chi connectivity index (χ0v) is 15.0. The summed E-state index contributed by atoms with van der Waals surface area (Å²) >= 11 is 0. The zero-order valence-electron chi connectivity index (χ0n) is 14.2. The number of sulfone groups is 1. The van der Waals surface area contributed by atoms with Gasteiger partial charge in [0.15, 0.2) is 20.8 Å². The number of allylic oxidation sites excluding steroid dienone is 1. The Kier molecular flexibility index (Phi) is 5.23. The van der Waals surface area contributed by atoms with Crippen molar-refractivity contribution in [1.29, 1.82) is 0 Å². The average molecular weight is 384 g/mol. The molecule has 0 aliphatic carbocycles. The Bertz CT molecular complexity index is 1010. The Balaban J connectivity index is 2.12. The molecule has 0 spiro atoms. The van der Waals surface area contributed by atoms with Crippen molar-refractivity contribution in [2.75, 3.05) is 6.61 Å². The smallest absolute Gasteiger partial charge is 0.430 e. The Morgan fingerprint density at radius 2 is 1.63 bits per heavy atom. The fourth-order valence-corrected chi connectivity index (χ4v) is 4.80. The number of rotatable bonds is 5. The molecule has 1 aliphatic heterocycles. The number of ether oxygens (including phenoxy) is 2. The molecule has 1 heterocycles. The number of hydrogen-bond acceptors (Lipinski definition) is 6. The van der Waals surface area contributed by atoms with Crippen LogP contribution in [0.1, 0.15) is 16.4 Å². The summed E-state index contributed by atoms with van der Waals surface area (Å²) < 4.78 is 36.1. The maximum absolute atomic E-state index is 13.2. The number of carbonyl (C=O) groups is 2. The molecular formula is C20H16O6S. The van der Waals surface area contributed by atoms with Crippen molar-refractivity contribution in [3.63, 3.8) is 0 Å². The molecular weight excluding hydrogens is 368 g/mol. The van der Waals surface area contributed by atoms with Crippen LogP contribution in [0.3, 0.4) is 0 Å². The van der Waals surface area contributed by atoms with Crippen molar-refractivity contribution < 1.29 is 27.5 Å². The number of Topliss-reactive ketones (excluding diaryl/α,β-unsaturated/α-hetero) is 1. The van der Waals surface area contributed by atoms with Gasteiger partial charge in [-0.15, -0.1) is 0 Å². The van der Waals surface area contributed by atoms with Crippen LogP contribution in [-0.2, 0) is 24.1 Å². The lowest BCUT2D eigenvalue weighted by Crippen LogP contribution is -2.17. The van der Waals surface area contributed by atoms with E-state index >= 15 is 0 Å². The average Bonchev–Trinajstić information content (AvgIpc) is 2.86. The van der Waals surface area contributed by atoms with E-state index in [1.165, 1.54) is 18.2 Å². The zero-order chi connectivity index (χ0) is 19.4. The quantitative estimate of drug-likeness (QED) is 0.580. The molecule has 1 unspecified atom stereocenters. The van der Waals surface area contributed by atoms with Gasteiger partial charge < -0.3 is 9.47 Å². The highest BCUT2D eigenvalue weighted by atomic mass is 32.2. The van der Waals surface area contributed by atoms with Gasteiger partial charge in [-0.2, -0.15) is 0 Å². The van der Waals surface area contributed by atoms with E-state index in [2.05, 4.69) is 6.58 Å². The SMILES string of the molecule is C=CCOC(=O)OC1=C(c2ccccc2)S(=O)(=O)C(c2ccccc2)C1=O. The van der Waals surface area contributed by atoms with Gasteiger partial charge in [0.1, 0.15) is 11.5 Å². The van der Waals surface area contributed by atoms with Crippen LogP contribution >= 0.6 is 0 Å². The summed E-state index contributed by atoms with van der Waals surface area (Å²) in [5.74, 6) is -1.35. The summed E-state index contributed by atoms with van der Waals surface area (Å²) in [4.78, 5) is 24.5. The van der Waals surface area contributed by atoms with Crippen molar-refractivity contribution >= 4 is 26.7 Å². The van der Waals surface area contributed by atoms with Gasteiger partial charge in [0, 0.05) is 0 Å².